The lowest BCUT2D eigenvalue weighted by Gasteiger charge is -2.23. The highest BCUT2D eigenvalue weighted by Gasteiger charge is 2.17. The number of hydrogen-bond donors (Lipinski definition) is 0. The molecule has 0 unspecified atom stereocenters. The quantitative estimate of drug-likeness (QED) is 0.313. The maximum Gasteiger partial charge on any atom is 0.311 e. The van der Waals surface area contributed by atoms with E-state index in [9.17, 15) is 4.79 Å². The normalized spacial score (nSPS) is 11.1. The van der Waals surface area contributed by atoms with E-state index in [-0.39, 0.29) is 11.4 Å². The molecule has 0 aliphatic heterocycles. The Bertz CT molecular complexity index is 719. The standard InChI is InChI=1S/C23H30O4/c1-5-23(3,4)18-13-15-19(16-14-18)26-17-9-12-22(24)27-21-11-8-7-10-20(21)25-6-2/h7-8,10-11,13-16H,5-6,9,12,17H2,1-4H3. The molecule has 0 aliphatic rings. The Kier molecular flexibility index (Phi) is 7.71. The molecule has 0 amide bonds. The van der Waals surface area contributed by atoms with Crippen molar-refractivity contribution >= 4 is 5.97 Å². The van der Waals surface area contributed by atoms with Crippen LogP contribution in [-0.2, 0) is 10.2 Å². The van der Waals surface area contributed by atoms with E-state index in [4.69, 9.17) is 14.2 Å². The summed E-state index contributed by atoms with van der Waals surface area (Å²) in [6.45, 7) is 9.55. The third-order valence-electron chi connectivity index (χ3n) is 4.69. The van der Waals surface area contributed by atoms with Crippen LogP contribution < -0.4 is 14.2 Å². The number of carbonyl (C=O) groups is 1. The molecular weight excluding hydrogens is 340 g/mol. The van der Waals surface area contributed by atoms with Crippen molar-refractivity contribution in [2.45, 2.75) is 52.4 Å². The average molecular weight is 370 g/mol. The second-order valence-corrected chi connectivity index (χ2v) is 7.07. The van der Waals surface area contributed by atoms with Crippen LogP contribution in [0.25, 0.3) is 0 Å². The lowest BCUT2D eigenvalue weighted by Crippen LogP contribution is -2.15. The van der Waals surface area contributed by atoms with E-state index in [1.165, 1.54) is 5.56 Å². The molecule has 0 bridgehead atoms. The smallest absolute Gasteiger partial charge is 0.311 e. The van der Waals surface area contributed by atoms with Crippen LogP contribution in [0.4, 0.5) is 0 Å². The molecule has 0 saturated heterocycles. The van der Waals surface area contributed by atoms with Crippen LogP contribution in [0.2, 0.25) is 0 Å². The van der Waals surface area contributed by atoms with E-state index in [1.807, 2.05) is 31.2 Å². The van der Waals surface area contributed by atoms with Gasteiger partial charge in [0.25, 0.3) is 0 Å². The predicted octanol–water partition coefficient (Wildman–Crippen LogP) is 5.54. The van der Waals surface area contributed by atoms with E-state index in [0.717, 1.165) is 12.2 Å². The molecule has 146 valence electrons. The Morgan fingerprint density at radius 1 is 0.926 bits per heavy atom. The van der Waals surface area contributed by atoms with Gasteiger partial charge in [-0.25, -0.2) is 0 Å². The van der Waals surface area contributed by atoms with Crippen LogP contribution in [0.5, 0.6) is 17.2 Å². The third-order valence-corrected chi connectivity index (χ3v) is 4.69. The first-order chi connectivity index (χ1) is 13.0. The summed E-state index contributed by atoms with van der Waals surface area (Å²) in [6.07, 6.45) is 1.97. The fourth-order valence-corrected chi connectivity index (χ4v) is 2.60. The topological polar surface area (TPSA) is 44.8 Å². The molecule has 0 aromatic heterocycles. The Morgan fingerprint density at radius 2 is 1.59 bits per heavy atom. The summed E-state index contributed by atoms with van der Waals surface area (Å²) in [4.78, 5) is 12.0. The fourth-order valence-electron chi connectivity index (χ4n) is 2.60. The van der Waals surface area contributed by atoms with Gasteiger partial charge >= 0.3 is 5.97 Å². The summed E-state index contributed by atoms with van der Waals surface area (Å²) in [5.74, 6) is 1.57. The van der Waals surface area contributed by atoms with Crippen molar-refractivity contribution in [1.82, 2.24) is 0 Å². The molecule has 0 radical (unpaired) electrons. The summed E-state index contributed by atoms with van der Waals surface area (Å²) < 4.78 is 16.6. The minimum Gasteiger partial charge on any atom is -0.494 e. The molecule has 0 atom stereocenters. The van der Waals surface area contributed by atoms with Gasteiger partial charge in [-0.15, -0.1) is 0 Å². The highest BCUT2D eigenvalue weighted by atomic mass is 16.6. The van der Waals surface area contributed by atoms with E-state index in [0.29, 0.717) is 37.6 Å². The maximum atomic E-state index is 12.0. The van der Waals surface area contributed by atoms with Crippen molar-refractivity contribution in [1.29, 1.82) is 0 Å². The fraction of sp³-hybridized carbons (Fsp3) is 0.435. The second kappa shape index (κ2) is 10.0. The van der Waals surface area contributed by atoms with Gasteiger partial charge in [0.1, 0.15) is 5.75 Å². The lowest BCUT2D eigenvalue weighted by atomic mass is 9.82. The molecule has 0 fully saturated rings. The summed E-state index contributed by atoms with van der Waals surface area (Å²) in [5.41, 5.74) is 1.47. The molecule has 2 aromatic rings. The average Bonchev–Trinajstić information content (AvgIpc) is 2.67. The number of hydrogen-bond acceptors (Lipinski definition) is 4. The van der Waals surface area contributed by atoms with Crippen LogP contribution >= 0.6 is 0 Å². The first-order valence-electron chi connectivity index (χ1n) is 9.62. The van der Waals surface area contributed by atoms with Gasteiger partial charge in [0.15, 0.2) is 11.5 Å². The zero-order valence-corrected chi connectivity index (χ0v) is 16.8. The van der Waals surface area contributed by atoms with Crippen molar-refractivity contribution in [2.75, 3.05) is 13.2 Å². The van der Waals surface area contributed by atoms with Crippen molar-refractivity contribution in [3.8, 4) is 17.2 Å². The van der Waals surface area contributed by atoms with Crippen LogP contribution in [0.15, 0.2) is 48.5 Å². The number of benzene rings is 2. The summed E-state index contributed by atoms with van der Waals surface area (Å²) in [5, 5.41) is 0. The predicted molar refractivity (Wildman–Crippen MR) is 108 cm³/mol. The number of ether oxygens (including phenoxy) is 3. The monoisotopic (exact) mass is 370 g/mol. The minimum atomic E-state index is -0.286. The second-order valence-electron chi connectivity index (χ2n) is 7.07. The zero-order chi connectivity index (χ0) is 19.7. The molecule has 0 saturated carbocycles. The molecule has 2 aromatic carbocycles. The summed E-state index contributed by atoms with van der Waals surface area (Å²) >= 11 is 0. The molecule has 4 nitrogen and oxygen atoms in total. The molecule has 0 N–H and O–H groups in total. The Labute approximate surface area is 162 Å². The van der Waals surface area contributed by atoms with Crippen molar-refractivity contribution < 1.29 is 19.0 Å². The van der Waals surface area contributed by atoms with E-state index < -0.39 is 0 Å². The summed E-state index contributed by atoms with van der Waals surface area (Å²) in [7, 11) is 0. The van der Waals surface area contributed by atoms with Crippen LogP contribution in [0.1, 0.15) is 52.5 Å². The number of para-hydroxylation sites is 2. The summed E-state index contributed by atoms with van der Waals surface area (Å²) in [6, 6.07) is 15.4. The van der Waals surface area contributed by atoms with Gasteiger partial charge in [0, 0.05) is 6.42 Å². The molecule has 27 heavy (non-hydrogen) atoms. The molecular formula is C23H30O4. The molecule has 0 heterocycles. The van der Waals surface area contributed by atoms with Gasteiger partial charge in [-0.1, -0.05) is 45.0 Å². The SMILES string of the molecule is CCOc1ccccc1OC(=O)CCCOc1ccc(C(C)(C)CC)cc1. The largest absolute Gasteiger partial charge is 0.494 e. The first-order valence-corrected chi connectivity index (χ1v) is 9.62. The zero-order valence-electron chi connectivity index (χ0n) is 16.8. The van der Waals surface area contributed by atoms with Gasteiger partial charge in [-0.2, -0.15) is 0 Å². The Morgan fingerprint density at radius 3 is 2.22 bits per heavy atom. The third kappa shape index (κ3) is 6.31. The van der Waals surface area contributed by atoms with Crippen molar-refractivity contribution in [2.24, 2.45) is 0 Å². The van der Waals surface area contributed by atoms with Crippen LogP contribution in [-0.4, -0.2) is 19.2 Å². The molecule has 4 heteroatoms. The number of esters is 1. The Balaban J connectivity index is 1.76. The Hall–Kier alpha value is -2.49. The first kappa shape index (κ1) is 20.8. The van der Waals surface area contributed by atoms with Crippen LogP contribution in [0, 0.1) is 0 Å². The van der Waals surface area contributed by atoms with Gasteiger partial charge in [0.2, 0.25) is 0 Å². The van der Waals surface area contributed by atoms with Gasteiger partial charge in [-0.05, 0) is 55.0 Å². The van der Waals surface area contributed by atoms with Gasteiger partial charge in [-0.3, -0.25) is 4.79 Å². The van der Waals surface area contributed by atoms with Crippen molar-refractivity contribution in [3.05, 3.63) is 54.1 Å². The molecule has 2 rings (SSSR count). The lowest BCUT2D eigenvalue weighted by molar-refractivity contribution is -0.134. The highest BCUT2D eigenvalue weighted by Crippen LogP contribution is 2.28. The van der Waals surface area contributed by atoms with E-state index in [2.05, 4.69) is 32.9 Å². The number of carbonyl (C=O) groups excluding carboxylic acids is 1. The number of rotatable bonds is 10. The van der Waals surface area contributed by atoms with Crippen molar-refractivity contribution in [3.63, 3.8) is 0 Å². The van der Waals surface area contributed by atoms with E-state index >= 15 is 0 Å². The maximum absolute atomic E-state index is 12.0. The highest BCUT2D eigenvalue weighted by molar-refractivity contribution is 5.73. The molecule has 0 aliphatic carbocycles. The molecule has 0 spiro atoms. The van der Waals surface area contributed by atoms with Crippen LogP contribution in [0.3, 0.4) is 0 Å². The minimum absolute atomic E-state index is 0.167. The van der Waals surface area contributed by atoms with Gasteiger partial charge < -0.3 is 14.2 Å². The van der Waals surface area contributed by atoms with E-state index in [1.54, 1.807) is 12.1 Å². The van der Waals surface area contributed by atoms with Gasteiger partial charge in [0.05, 0.1) is 13.2 Å².